The van der Waals surface area contributed by atoms with Crippen molar-refractivity contribution in [1.82, 2.24) is 10.2 Å². The molecule has 0 aliphatic heterocycles. The number of carbonyl (C=O) groups is 2. The summed E-state index contributed by atoms with van der Waals surface area (Å²) in [6.45, 7) is 4.26. The maximum Gasteiger partial charge on any atom is 0.242 e. The minimum atomic E-state index is -3.58. The standard InChI is InChI=1S/C24H31Cl2N3O5S/c1-5-34-20-11-9-19(10-12-20)29(35(4,32)33)14-6-7-23(30)28(17(2)24(31)27-3)16-18-8-13-21(25)22(26)15-18/h8-13,15,17H,5-7,14,16H2,1-4H3,(H,27,31)/t17-/m1/s1. The molecule has 1 N–H and O–H groups in total. The smallest absolute Gasteiger partial charge is 0.242 e. The van der Waals surface area contributed by atoms with Crippen molar-refractivity contribution in [2.45, 2.75) is 39.3 Å². The van der Waals surface area contributed by atoms with E-state index in [1.54, 1.807) is 49.4 Å². The van der Waals surface area contributed by atoms with Crippen LogP contribution in [0.5, 0.6) is 5.75 Å². The molecule has 0 aliphatic carbocycles. The maximum atomic E-state index is 13.1. The normalized spacial score (nSPS) is 12.1. The number of likely N-dealkylation sites (N-methyl/N-ethyl adjacent to an activating group) is 1. The summed E-state index contributed by atoms with van der Waals surface area (Å²) in [5, 5.41) is 3.30. The highest BCUT2D eigenvalue weighted by Gasteiger charge is 2.26. The predicted octanol–water partition coefficient (Wildman–Crippen LogP) is 4.10. The first-order valence-electron chi connectivity index (χ1n) is 11.1. The summed E-state index contributed by atoms with van der Waals surface area (Å²) in [4.78, 5) is 26.9. The summed E-state index contributed by atoms with van der Waals surface area (Å²) in [7, 11) is -2.07. The van der Waals surface area contributed by atoms with Gasteiger partial charge in [0.2, 0.25) is 21.8 Å². The third-order valence-electron chi connectivity index (χ3n) is 5.34. The summed E-state index contributed by atoms with van der Waals surface area (Å²) in [5.41, 5.74) is 1.20. The molecular weight excluding hydrogens is 513 g/mol. The molecule has 2 rings (SSSR count). The first kappa shape index (κ1) is 28.7. The summed E-state index contributed by atoms with van der Waals surface area (Å²) in [5.74, 6) is 0.0406. The average molecular weight is 545 g/mol. The lowest BCUT2D eigenvalue weighted by Crippen LogP contribution is -2.46. The number of nitrogens with one attached hydrogen (secondary N) is 1. The minimum Gasteiger partial charge on any atom is -0.494 e. The Kier molecular flexibility index (Phi) is 10.7. The summed E-state index contributed by atoms with van der Waals surface area (Å²) in [6, 6.07) is 11.0. The van der Waals surface area contributed by atoms with Crippen molar-refractivity contribution in [2.75, 3.05) is 30.8 Å². The highest BCUT2D eigenvalue weighted by molar-refractivity contribution is 7.92. The topological polar surface area (TPSA) is 96.0 Å². The van der Waals surface area contributed by atoms with Gasteiger partial charge in [-0.2, -0.15) is 0 Å². The zero-order valence-electron chi connectivity index (χ0n) is 20.3. The monoisotopic (exact) mass is 543 g/mol. The van der Waals surface area contributed by atoms with Gasteiger partial charge in [0.15, 0.2) is 0 Å². The van der Waals surface area contributed by atoms with Crippen molar-refractivity contribution in [3.63, 3.8) is 0 Å². The fourth-order valence-corrected chi connectivity index (χ4v) is 4.79. The summed E-state index contributed by atoms with van der Waals surface area (Å²) < 4.78 is 31.5. The van der Waals surface area contributed by atoms with Crippen LogP contribution in [-0.4, -0.2) is 57.6 Å². The first-order valence-corrected chi connectivity index (χ1v) is 13.7. The van der Waals surface area contributed by atoms with Crippen LogP contribution in [0.15, 0.2) is 42.5 Å². The molecule has 2 aromatic carbocycles. The second kappa shape index (κ2) is 13.0. The van der Waals surface area contributed by atoms with Crippen LogP contribution >= 0.6 is 23.2 Å². The van der Waals surface area contributed by atoms with Crippen molar-refractivity contribution in [2.24, 2.45) is 0 Å². The van der Waals surface area contributed by atoms with E-state index in [4.69, 9.17) is 27.9 Å². The molecule has 0 fully saturated rings. The Bertz CT molecular complexity index is 1130. The molecule has 1 atom stereocenters. The molecule has 0 spiro atoms. The Morgan fingerprint density at radius 1 is 1.09 bits per heavy atom. The van der Waals surface area contributed by atoms with Crippen molar-refractivity contribution in [3.8, 4) is 5.75 Å². The SMILES string of the molecule is CCOc1ccc(N(CCCC(=O)N(Cc2ccc(Cl)c(Cl)c2)[C@H](C)C(=O)NC)S(C)(=O)=O)cc1. The Balaban J connectivity index is 2.15. The van der Waals surface area contributed by atoms with E-state index < -0.39 is 16.1 Å². The molecule has 0 saturated carbocycles. The van der Waals surface area contributed by atoms with Gasteiger partial charge in [-0.05, 0) is 62.2 Å². The number of amides is 2. The lowest BCUT2D eigenvalue weighted by atomic mass is 10.1. The third kappa shape index (κ3) is 8.30. The van der Waals surface area contributed by atoms with Crippen molar-refractivity contribution >= 4 is 50.7 Å². The molecule has 35 heavy (non-hydrogen) atoms. The number of hydrogen-bond acceptors (Lipinski definition) is 5. The zero-order chi connectivity index (χ0) is 26.2. The van der Waals surface area contributed by atoms with Crippen LogP contribution in [0.4, 0.5) is 5.69 Å². The lowest BCUT2D eigenvalue weighted by Gasteiger charge is -2.29. The number of benzene rings is 2. The van der Waals surface area contributed by atoms with Crippen LogP contribution in [0.1, 0.15) is 32.3 Å². The van der Waals surface area contributed by atoms with Gasteiger partial charge in [-0.3, -0.25) is 13.9 Å². The molecule has 0 bridgehead atoms. The largest absolute Gasteiger partial charge is 0.494 e. The summed E-state index contributed by atoms with van der Waals surface area (Å²) >= 11 is 12.1. The van der Waals surface area contributed by atoms with E-state index in [1.807, 2.05) is 6.92 Å². The zero-order valence-corrected chi connectivity index (χ0v) is 22.6. The molecule has 2 amide bonds. The predicted molar refractivity (Wildman–Crippen MR) is 140 cm³/mol. The Morgan fingerprint density at radius 2 is 1.74 bits per heavy atom. The average Bonchev–Trinajstić information content (AvgIpc) is 2.81. The fraction of sp³-hybridized carbons (Fsp3) is 0.417. The number of sulfonamides is 1. The molecule has 8 nitrogen and oxygen atoms in total. The Morgan fingerprint density at radius 3 is 2.29 bits per heavy atom. The number of nitrogens with zero attached hydrogens (tertiary/aromatic N) is 2. The van der Waals surface area contributed by atoms with E-state index in [0.717, 1.165) is 11.8 Å². The number of halogens is 2. The van der Waals surface area contributed by atoms with E-state index in [9.17, 15) is 18.0 Å². The fourth-order valence-electron chi connectivity index (χ4n) is 3.51. The summed E-state index contributed by atoms with van der Waals surface area (Å²) in [6.07, 6.45) is 1.43. The quantitative estimate of drug-likeness (QED) is 0.434. The van der Waals surface area contributed by atoms with Gasteiger partial charge in [0.05, 0.1) is 28.6 Å². The highest BCUT2D eigenvalue weighted by Crippen LogP contribution is 2.25. The molecule has 0 saturated heterocycles. The van der Waals surface area contributed by atoms with E-state index in [2.05, 4.69) is 5.32 Å². The van der Waals surface area contributed by atoms with Gasteiger partial charge in [0.1, 0.15) is 11.8 Å². The van der Waals surface area contributed by atoms with Gasteiger partial charge in [-0.25, -0.2) is 8.42 Å². The van der Waals surface area contributed by atoms with Gasteiger partial charge in [0.25, 0.3) is 0 Å². The van der Waals surface area contributed by atoms with E-state index in [-0.39, 0.29) is 37.7 Å². The van der Waals surface area contributed by atoms with Crippen molar-refractivity contribution in [1.29, 1.82) is 0 Å². The second-order valence-corrected chi connectivity index (χ2v) is 10.6. The van der Waals surface area contributed by atoms with Crippen LogP contribution in [-0.2, 0) is 26.2 Å². The van der Waals surface area contributed by atoms with Crippen LogP contribution in [0.25, 0.3) is 0 Å². The van der Waals surface area contributed by atoms with Gasteiger partial charge >= 0.3 is 0 Å². The van der Waals surface area contributed by atoms with Gasteiger partial charge in [0, 0.05) is 26.6 Å². The molecular formula is C24H31Cl2N3O5S. The lowest BCUT2D eigenvalue weighted by molar-refractivity contribution is -0.140. The number of anilines is 1. The minimum absolute atomic E-state index is 0.0473. The van der Waals surface area contributed by atoms with Crippen LogP contribution in [0.3, 0.4) is 0 Å². The number of carbonyl (C=O) groups excluding carboxylic acids is 2. The number of ether oxygens (including phenoxy) is 1. The van der Waals surface area contributed by atoms with Gasteiger partial charge < -0.3 is 15.0 Å². The molecule has 192 valence electrons. The van der Waals surface area contributed by atoms with Crippen LogP contribution < -0.4 is 14.4 Å². The molecule has 0 aliphatic rings. The first-order chi connectivity index (χ1) is 16.5. The van der Waals surface area contributed by atoms with Crippen LogP contribution in [0.2, 0.25) is 10.0 Å². The maximum absolute atomic E-state index is 13.1. The molecule has 2 aromatic rings. The van der Waals surface area contributed by atoms with Crippen molar-refractivity contribution in [3.05, 3.63) is 58.1 Å². The molecule has 0 radical (unpaired) electrons. The van der Waals surface area contributed by atoms with E-state index >= 15 is 0 Å². The molecule has 11 heteroatoms. The van der Waals surface area contributed by atoms with Crippen molar-refractivity contribution < 1.29 is 22.7 Å². The van der Waals surface area contributed by atoms with E-state index in [1.165, 1.54) is 16.3 Å². The molecule has 0 aromatic heterocycles. The third-order valence-corrected chi connectivity index (χ3v) is 7.27. The molecule has 0 heterocycles. The number of hydrogen-bond donors (Lipinski definition) is 1. The van der Waals surface area contributed by atoms with Crippen LogP contribution in [0, 0.1) is 0 Å². The Labute approximate surface area is 217 Å². The molecule has 0 unspecified atom stereocenters. The van der Waals surface area contributed by atoms with Gasteiger partial charge in [-0.1, -0.05) is 29.3 Å². The highest BCUT2D eigenvalue weighted by atomic mass is 35.5. The second-order valence-electron chi connectivity index (χ2n) is 7.93. The van der Waals surface area contributed by atoms with Gasteiger partial charge in [-0.15, -0.1) is 0 Å². The van der Waals surface area contributed by atoms with E-state index in [0.29, 0.717) is 28.1 Å². The Hall–Kier alpha value is -2.49. The number of rotatable bonds is 12.